The molecule has 0 aliphatic carbocycles. The topological polar surface area (TPSA) is 68.0 Å². The van der Waals surface area contributed by atoms with E-state index in [9.17, 15) is 4.79 Å². The number of carbonyl (C=O) groups excluding carboxylic acids is 1. The molecule has 2 rings (SSSR count). The molecular formula is C15H26Cl3N3O3. The Morgan fingerprint density at radius 1 is 1.17 bits per heavy atom. The van der Waals surface area contributed by atoms with Gasteiger partial charge in [-0.1, -0.05) is 0 Å². The minimum absolute atomic E-state index is 0. The lowest BCUT2D eigenvalue weighted by Crippen LogP contribution is -2.44. The number of rotatable bonds is 5. The van der Waals surface area contributed by atoms with Gasteiger partial charge in [0.05, 0.1) is 12.3 Å². The second-order valence-corrected chi connectivity index (χ2v) is 5.11. The molecule has 1 aromatic rings. The number of halogens is 3. The van der Waals surface area contributed by atoms with Gasteiger partial charge in [0, 0.05) is 37.9 Å². The molecule has 1 heterocycles. The molecule has 1 aliphatic heterocycles. The normalized spacial score (nSPS) is 13.8. The summed E-state index contributed by atoms with van der Waals surface area (Å²) >= 11 is 0. The first-order valence-corrected chi connectivity index (χ1v) is 7.21. The third-order valence-electron chi connectivity index (χ3n) is 3.48. The summed E-state index contributed by atoms with van der Waals surface area (Å²) in [5, 5.41) is 0. The summed E-state index contributed by atoms with van der Waals surface area (Å²) in [5.74, 6) is 0.261. The molecule has 140 valence electrons. The van der Waals surface area contributed by atoms with Crippen LogP contribution >= 0.6 is 37.2 Å². The second kappa shape index (κ2) is 12.3. The molecular weight excluding hydrogens is 377 g/mol. The van der Waals surface area contributed by atoms with E-state index in [1.54, 1.807) is 13.0 Å². The predicted molar refractivity (Wildman–Crippen MR) is 104 cm³/mol. The highest BCUT2D eigenvalue weighted by Gasteiger charge is 2.18. The molecule has 0 atom stereocenters. The summed E-state index contributed by atoms with van der Waals surface area (Å²) in [5.41, 5.74) is 7.41. The van der Waals surface area contributed by atoms with Crippen molar-refractivity contribution in [3.05, 3.63) is 18.2 Å². The average Bonchev–Trinajstić information content (AvgIpc) is 2.47. The smallest absolute Gasteiger partial charge is 0.344 e. The average molecular weight is 403 g/mol. The van der Waals surface area contributed by atoms with Crippen LogP contribution in [0, 0.1) is 0 Å². The van der Waals surface area contributed by atoms with Crippen LogP contribution in [0.1, 0.15) is 6.92 Å². The highest BCUT2D eigenvalue weighted by Crippen LogP contribution is 2.31. The van der Waals surface area contributed by atoms with Crippen molar-refractivity contribution in [3.63, 3.8) is 0 Å². The second-order valence-electron chi connectivity index (χ2n) is 5.11. The first-order valence-electron chi connectivity index (χ1n) is 7.21. The SMILES string of the molecule is CCOC(=O)COc1cc(N)ccc1N1CCN(C)CC1.Cl.Cl.Cl. The van der Waals surface area contributed by atoms with Crippen LogP contribution in [0.5, 0.6) is 5.75 Å². The van der Waals surface area contributed by atoms with Crippen molar-refractivity contribution in [2.75, 3.05) is 57.1 Å². The number of anilines is 2. The van der Waals surface area contributed by atoms with Crippen LogP contribution in [-0.4, -0.2) is 57.3 Å². The van der Waals surface area contributed by atoms with Gasteiger partial charge in [0.15, 0.2) is 6.61 Å². The van der Waals surface area contributed by atoms with Gasteiger partial charge in [0.25, 0.3) is 0 Å². The fourth-order valence-corrected chi connectivity index (χ4v) is 2.29. The molecule has 0 radical (unpaired) electrons. The maximum atomic E-state index is 11.4. The summed E-state index contributed by atoms with van der Waals surface area (Å²) in [4.78, 5) is 16.0. The number of benzene rings is 1. The number of piperazine rings is 1. The Labute approximate surface area is 161 Å². The van der Waals surface area contributed by atoms with Crippen molar-refractivity contribution in [1.29, 1.82) is 0 Å². The van der Waals surface area contributed by atoms with E-state index in [0.717, 1.165) is 31.9 Å². The lowest BCUT2D eigenvalue weighted by Gasteiger charge is -2.34. The molecule has 1 aliphatic rings. The molecule has 0 spiro atoms. The number of carbonyl (C=O) groups is 1. The van der Waals surface area contributed by atoms with E-state index in [-0.39, 0.29) is 49.8 Å². The number of ether oxygens (including phenoxy) is 2. The number of nitrogens with zero attached hydrogens (tertiary/aromatic N) is 2. The van der Waals surface area contributed by atoms with Crippen molar-refractivity contribution in [1.82, 2.24) is 4.90 Å². The number of hydrogen-bond donors (Lipinski definition) is 1. The molecule has 9 heteroatoms. The van der Waals surface area contributed by atoms with Crippen LogP contribution in [0.3, 0.4) is 0 Å². The van der Waals surface area contributed by atoms with Crippen molar-refractivity contribution in [2.24, 2.45) is 0 Å². The van der Waals surface area contributed by atoms with Crippen LogP contribution in [0.2, 0.25) is 0 Å². The van der Waals surface area contributed by atoms with Gasteiger partial charge in [-0.3, -0.25) is 0 Å². The van der Waals surface area contributed by atoms with Gasteiger partial charge < -0.3 is 25.0 Å². The fourth-order valence-electron chi connectivity index (χ4n) is 2.29. The third kappa shape index (κ3) is 7.21. The summed E-state index contributed by atoms with van der Waals surface area (Å²) < 4.78 is 10.5. The molecule has 6 nitrogen and oxygen atoms in total. The Hall–Kier alpha value is -1.08. The zero-order valence-corrected chi connectivity index (χ0v) is 16.3. The Kier molecular flexibility index (Phi) is 12.9. The van der Waals surface area contributed by atoms with Crippen LogP contribution in [0.4, 0.5) is 11.4 Å². The molecule has 0 saturated carbocycles. The Balaban J connectivity index is 0. The lowest BCUT2D eigenvalue weighted by atomic mass is 10.2. The molecule has 1 saturated heterocycles. The summed E-state index contributed by atoms with van der Waals surface area (Å²) in [6, 6.07) is 5.55. The van der Waals surface area contributed by atoms with E-state index >= 15 is 0 Å². The van der Waals surface area contributed by atoms with Gasteiger partial charge in [0.1, 0.15) is 5.75 Å². The number of hydrogen-bond acceptors (Lipinski definition) is 6. The van der Waals surface area contributed by atoms with E-state index in [1.165, 1.54) is 0 Å². The van der Waals surface area contributed by atoms with Gasteiger partial charge in [-0.2, -0.15) is 0 Å². The molecule has 0 aromatic heterocycles. The van der Waals surface area contributed by atoms with Crippen LogP contribution in [0.15, 0.2) is 18.2 Å². The van der Waals surface area contributed by atoms with E-state index in [4.69, 9.17) is 15.2 Å². The van der Waals surface area contributed by atoms with Crippen molar-refractivity contribution < 1.29 is 14.3 Å². The number of likely N-dealkylation sites (N-methyl/N-ethyl adjacent to an activating group) is 1. The van der Waals surface area contributed by atoms with E-state index in [2.05, 4.69) is 16.8 Å². The van der Waals surface area contributed by atoms with Gasteiger partial charge in [-0.05, 0) is 26.1 Å². The summed E-state index contributed by atoms with van der Waals surface area (Å²) in [7, 11) is 2.11. The fraction of sp³-hybridized carbons (Fsp3) is 0.533. The van der Waals surface area contributed by atoms with Crippen LogP contribution < -0.4 is 15.4 Å². The van der Waals surface area contributed by atoms with Crippen molar-refractivity contribution in [3.8, 4) is 5.75 Å². The molecule has 24 heavy (non-hydrogen) atoms. The highest BCUT2D eigenvalue weighted by atomic mass is 35.5. The minimum atomic E-state index is -0.371. The van der Waals surface area contributed by atoms with Gasteiger partial charge >= 0.3 is 5.97 Å². The Bertz CT molecular complexity index is 498. The molecule has 0 unspecified atom stereocenters. The van der Waals surface area contributed by atoms with Crippen LogP contribution in [0.25, 0.3) is 0 Å². The van der Waals surface area contributed by atoms with Gasteiger partial charge in [0.2, 0.25) is 0 Å². The molecule has 0 bridgehead atoms. The van der Waals surface area contributed by atoms with Crippen LogP contribution in [-0.2, 0) is 9.53 Å². The maximum absolute atomic E-state index is 11.4. The van der Waals surface area contributed by atoms with Gasteiger partial charge in [-0.15, -0.1) is 37.2 Å². The molecule has 1 fully saturated rings. The highest BCUT2D eigenvalue weighted by molar-refractivity contribution is 5.86. The first-order chi connectivity index (χ1) is 10.1. The van der Waals surface area contributed by atoms with Crippen molar-refractivity contribution in [2.45, 2.75) is 6.92 Å². The Morgan fingerprint density at radius 2 is 1.79 bits per heavy atom. The van der Waals surface area contributed by atoms with E-state index in [1.807, 2.05) is 12.1 Å². The van der Waals surface area contributed by atoms with Gasteiger partial charge in [-0.25, -0.2) is 4.79 Å². The largest absolute Gasteiger partial charge is 0.480 e. The maximum Gasteiger partial charge on any atom is 0.344 e. The quantitative estimate of drug-likeness (QED) is 0.602. The molecule has 2 N–H and O–H groups in total. The lowest BCUT2D eigenvalue weighted by molar-refractivity contribution is -0.145. The number of esters is 1. The predicted octanol–water partition coefficient (Wildman–Crippen LogP) is 2.23. The molecule has 1 aromatic carbocycles. The first kappa shape index (κ1) is 25.2. The van der Waals surface area contributed by atoms with E-state index < -0.39 is 0 Å². The zero-order valence-electron chi connectivity index (χ0n) is 13.9. The number of nitrogen functional groups attached to an aromatic ring is 1. The van der Waals surface area contributed by atoms with E-state index in [0.29, 0.717) is 18.0 Å². The third-order valence-corrected chi connectivity index (χ3v) is 3.48. The number of nitrogens with two attached hydrogens (primary N) is 1. The van der Waals surface area contributed by atoms with Crippen molar-refractivity contribution >= 4 is 54.6 Å². The molecule has 0 amide bonds. The summed E-state index contributed by atoms with van der Waals surface area (Å²) in [6.07, 6.45) is 0. The Morgan fingerprint density at radius 3 is 2.38 bits per heavy atom. The standard InChI is InChI=1S/C15H23N3O3.3ClH/c1-3-20-15(19)11-21-14-10-12(16)4-5-13(14)18-8-6-17(2)7-9-18;;;/h4-5,10H,3,6-9,11,16H2,1-2H3;3*1H. The monoisotopic (exact) mass is 401 g/mol. The minimum Gasteiger partial charge on any atom is -0.480 e. The zero-order chi connectivity index (χ0) is 15.2. The summed E-state index contributed by atoms with van der Waals surface area (Å²) in [6.45, 7) is 5.88.